The summed E-state index contributed by atoms with van der Waals surface area (Å²) in [5.74, 6) is 0.255. The molecule has 3 rings (SSSR count). The van der Waals surface area contributed by atoms with Gasteiger partial charge in [-0.05, 0) is 62.9 Å². The van der Waals surface area contributed by atoms with Gasteiger partial charge in [-0.2, -0.15) is 0 Å². The molecule has 2 aromatic carbocycles. The molecule has 1 N–H and O–H groups in total. The Kier molecular flexibility index (Phi) is 5.99. The summed E-state index contributed by atoms with van der Waals surface area (Å²) in [5.41, 5.74) is 0.528. The van der Waals surface area contributed by atoms with E-state index in [0.29, 0.717) is 11.3 Å². The van der Waals surface area contributed by atoms with E-state index in [4.69, 9.17) is 4.74 Å². The fourth-order valence-electron chi connectivity index (χ4n) is 3.57. The number of rotatable bonds is 5. The zero-order valence-corrected chi connectivity index (χ0v) is 16.3. The second-order valence-electron chi connectivity index (χ2n) is 7.55. The summed E-state index contributed by atoms with van der Waals surface area (Å²) in [6.45, 7) is 6.56. The highest BCUT2D eigenvalue weighted by molar-refractivity contribution is 6.02. The number of amides is 2. The predicted octanol–water partition coefficient (Wildman–Crippen LogP) is 3.76. The number of carbonyl (C=O) groups excluding carboxylic acids is 2. The molecule has 2 aromatic rings. The van der Waals surface area contributed by atoms with E-state index < -0.39 is 0 Å². The molecule has 144 valence electrons. The summed E-state index contributed by atoms with van der Waals surface area (Å²) < 4.78 is 5.80. The number of piperidine rings is 1. The molecule has 0 aliphatic carbocycles. The molecule has 27 heavy (non-hydrogen) atoms. The third-order valence-electron chi connectivity index (χ3n) is 4.95. The summed E-state index contributed by atoms with van der Waals surface area (Å²) >= 11 is 0. The van der Waals surface area contributed by atoms with E-state index in [1.807, 2.05) is 55.1 Å². The van der Waals surface area contributed by atoms with Crippen LogP contribution in [0.2, 0.25) is 0 Å². The van der Waals surface area contributed by atoms with E-state index in [1.54, 1.807) is 0 Å². The normalized spacial score (nSPS) is 17.2. The SMILES string of the molecule is CC(C)NC(=O)COc1cc2ccccc2cc1C(=O)N1CCCCC1C. The van der Waals surface area contributed by atoms with Gasteiger partial charge in [0.1, 0.15) is 5.75 Å². The van der Waals surface area contributed by atoms with Crippen molar-refractivity contribution in [1.82, 2.24) is 10.2 Å². The Morgan fingerprint density at radius 3 is 2.56 bits per heavy atom. The van der Waals surface area contributed by atoms with Gasteiger partial charge in [0.25, 0.3) is 11.8 Å². The van der Waals surface area contributed by atoms with Crippen molar-refractivity contribution in [1.29, 1.82) is 0 Å². The molecule has 1 aliphatic heterocycles. The Hall–Kier alpha value is -2.56. The molecule has 1 atom stereocenters. The fourth-order valence-corrected chi connectivity index (χ4v) is 3.57. The molecule has 0 saturated carbocycles. The van der Waals surface area contributed by atoms with Crippen molar-refractivity contribution in [2.24, 2.45) is 0 Å². The third-order valence-corrected chi connectivity index (χ3v) is 4.95. The van der Waals surface area contributed by atoms with E-state index in [0.717, 1.165) is 36.6 Å². The van der Waals surface area contributed by atoms with Gasteiger partial charge in [-0.1, -0.05) is 24.3 Å². The minimum Gasteiger partial charge on any atom is -0.483 e. The highest BCUT2D eigenvalue weighted by Crippen LogP contribution is 2.29. The Morgan fingerprint density at radius 1 is 1.19 bits per heavy atom. The number of likely N-dealkylation sites (tertiary alicyclic amines) is 1. The monoisotopic (exact) mass is 368 g/mol. The van der Waals surface area contributed by atoms with Crippen LogP contribution in [-0.4, -0.2) is 41.9 Å². The Morgan fingerprint density at radius 2 is 1.89 bits per heavy atom. The quantitative estimate of drug-likeness (QED) is 0.874. The van der Waals surface area contributed by atoms with Crippen LogP contribution in [0.25, 0.3) is 10.8 Å². The minimum absolute atomic E-state index is 0.0211. The molecule has 1 aliphatic rings. The van der Waals surface area contributed by atoms with Crippen LogP contribution in [0, 0.1) is 0 Å². The number of fused-ring (bicyclic) bond motifs is 1. The lowest BCUT2D eigenvalue weighted by molar-refractivity contribution is -0.123. The number of nitrogens with zero attached hydrogens (tertiary/aromatic N) is 1. The standard InChI is InChI=1S/C22H28N2O3/c1-15(2)23-21(25)14-27-20-13-18-10-5-4-9-17(18)12-19(20)22(26)24-11-7-6-8-16(24)3/h4-5,9-10,12-13,15-16H,6-8,11,14H2,1-3H3,(H,23,25). The number of hydrogen-bond acceptors (Lipinski definition) is 3. The van der Waals surface area contributed by atoms with Crippen LogP contribution in [0.1, 0.15) is 50.4 Å². The minimum atomic E-state index is -0.192. The smallest absolute Gasteiger partial charge is 0.258 e. The molecule has 1 unspecified atom stereocenters. The molecule has 1 fully saturated rings. The molecule has 5 nitrogen and oxygen atoms in total. The molecular formula is C22H28N2O3. The zero-order chi connectivity index (χ0) is 19.4. The van der Waals surface area contributed by atoms with Crippen molar-refractivity contribution in [3.63, 3.8) is 0 Å². The van der Waals surface area contributed by atoms with E-state index in [-0.39, 0.29) is 30.5 Å². The van der Waals surface area contributed by atoms with E-state index in [1.165, 1.54) is 0 Å². The lowest BCUT2D eigenvalue weighted by Crippen LogP contribution is -2.42. The number of benzene rings is 2. The summed E-state index contributed by atoms with van der Waals surface area (Å²) in [6.07, 6.45) is 3.20. The fraction of sp³-hybridized carbons (Fsp3) is 0.455. The average Bonchev–Trinajstić information content (AvgIpc) is 2.65. The number of ether oxygens (including phenoxy) is 1. The van der Waals surface area contributed by atoms with E-state index in [2.05, 4.69) is 12.2 Å². The summed E-state index contributed by atoms with van der Waals surface area (Å²) in [5, 5.41) is 4.79. The van der Waals surface area contributed by atoms with Crippen LogP contribution in [0.4, 0.5) is 0 Å². The maximum atomic E-state index is 13.2. The van der Waals surface area contributed by atoms with Crippen LogP contribution in [-0.2, 0) is 4.79 Å². The van der Waals surface area contributed by atoms with Crippen LogP contribution >= 0.6 is 0 Å². The molecule has 0 spiro atoms. The molecule has 0 bridgehead atoms. The van der Waals surface area contributed by atoms with Crippen molar-refractivity contribution in [3.05, 3.63) is 42.0 Å². The van der Waals surface area contributed by atoms with Gasteiger partial charge in [-0.25, -0.2) is 0 Å². The van der Waals surface area contributed by atoms with Gasteiger partial charge in [-0.15, -0.1) is 0 Å². The largest absolute Gasteiger partial charge is 0.483 e. The van der Waals surface area contributed by atoms with E-state index >= 15 is 0 Å². The van der Waals surface area contributed by atoms with Gasteiger partial charge in [-0.3, -0.25) is 9.59 Å². The zero-order valence-electron chi connectivity index (χ0n) is 16.3. The molecule has 5 heteroatoms. The predicted molar refractivity (Wildman–Crippen MR) is 107 cm³/mol. The second kappa shape index (κ2) is 8.42. The molecule has 0 radical (unpaired) electrons. The van der Waals surface area contributed by atoms with Crippen LogP contribution in [0.3, 0.4) is 0 Å². The second-order valence-corrected chi connectivity index (χ2v) is 7.55. The lowest BCUT2D eigenvalue weighted by atomic mass is 10.0. The topological polar surface area (TPSA) is 58.6 Å². The summed E-state index contributed by atoms with van der Waals surface area (Å²) in [4.78, 5) is 27.2. The first kappa shape index (κ1) is 19.2. The highest BCUT2D eigenvalue weighted by Gasteiger charge is 2.27. The van der Waals surface area contributed by atoms with Gasteiger partial charge in [0, 0.05) is 18.6 Å². The van der Waals surface area contributed by atoms with Crippen molar-refractivity contribution in [2.75, 3.05) is 13.2 Å². The van der Waals surface area contributed by atoms with Gasteiger partial charge in [0.05, 0.1) is 5.56 Å². The van der Waals surface area contributed by atoms with Crippen molar-refractivity contribution in [2.45, 2.75) is 52.1 Å². The van der Waals surface area contributed by atoms with Crippen LogP contribution < -0.4 is 10.1 Å². The molecule has 0 aromatic heterocycles. The Labute approximate surface area is 160 Å². The molecule has 2 amide bonds. The van der Waals surface area contributed by atoms with Crippen molar-refractivity contribution < 1.29 is 14.3 Å². The Balaban J connectivity index is 1.91. The third kappa shape index (κ3) is 4.59. The number of hydrogen-bond donors (Lipinski definition) is 1. The molecule has 1 heterocycles. The molecular weight excluding hydrogens is 340 g/mol. The maximum Gasteiger partial charge on any atom is 0.258 e. The van der Waals surface area contributed by atoms with Crippen molar-refractivity contribution >= 4 is 22.6 Å². The number of nitrogens with one attached hydrogen (secondary N) is 1. The van der Waals surface area contributed by atoms with Gasteiger partial charge in [0.2, 0.25) is 0 Å². The molecule has 1 saturated heterocycles. The maximum absolute atomic E-state index is 13.2. The first-order chi connectivity index (χ1) is 13.0. The highest BCUT2D eigenvalue weighted by atomic mass is 16.5. The van der Waals surface area contributed by atoms with E-state index in [9.17, 15) is 9.59 Å². The van der Waals surface area contributed by atoms with Crippen LogP contribution in [0.5, 0.6) is 5.75 Å². The first-order valence-corrected chi connectivity index (χ1v) is 9.71. The summed E-state index contributed by atoms with van der Waals surface area (Å²) in [7, 11) is 0. The summed E-state index contributed by atoms with van der Waals surface area (Å²) in [6, 6.07) is 11.9. The van der Waals surface area contributed by atoms with Crippen LogP contribution in [0.15, 0.2) is 36.4 Å². The first-order valence-electron chi connectivity index (χ1n) is 9.71. The van der Waals surface area contributed by atoms with Crippen molar-refractivity contribution in [3.8, 4) is 5.75 Å². The van der Waals surface area contributed by atoms with Gasteiger partial charge < -0.3 is 15.0 Å². The average molecular weight is 368 g/mol. The Bertz CT molecular complexity index is 831. The lowest BCUT2D eigenvalue weighted by Gasteiger charge is -2.34. The van der Waals surface area contributed by atoms with Gasteiger partial charge in [0.15, 0.2) is 6.61 Å². The van der Waals surface area contributed by atoms with Gasteiger partial charge >= 0.3 is 0 Å². The number of carbonyl (C=O) groups is 2.